The molecule has 132 valence electrons. The lowest BCUT2D eigenvalue weighted by atomic mass is 9.75. The van der Waals surface area contributed by atoms with Gasteiger partial charge in [0.15, 0.2) is 0 Å². The monoisotopic (exact) mass is 350 g/mol. The van der Waals surface area contributed by atoms with Crippen LogP contribution in [-0.4, -0.2) is 28.9 Å². The number of carbonyl (C=O) groups excluding carboxylic acids is 1. The molecular formula is C19H26O4S. The van der Waals surface area contributed by atoms with Crippen molar-refractivity contribution in [3.63, 3.8) is 0 Å². The largest absolute Gasteiger partial charge is 0.478 e. The van der Waals surface area contributed by atoms with Gasteiger partial charge in [0.05, 0.1) is 11.3 Å². The van der Waals surface area contributed by atoms with Gasteiger partial charge in [-0.15, -0.1) is 11.8 Å². The summed E-state index contributed by atoms with van der Waals surface area (Å²) < 4.78 is 5.75. The van der Waals surface area contributed by atoms with Gasteiger partial charge in [-0.2, -0.15) is 0 Å². The summed E-state index contributed by atoms with van der Waals surface area (Å²) in [4.78, 5) is 24.1. The third-order valence-electron chi connectivity index (χ3n) is 4.71. The molecule has 0 heterocycles. The summed E-state index contributed by atoms with van der Waals surface area (Å²) in [5, 5.41) is 9.19. The van der Waals surface area contributed by atoms with E-state index in [-0.39, 0.29) is 23.4 Å². The molecule has 2 rings (SSSR count). The van der Waals surface area contributed by atoms with E-state index in [1.165, 1.54) is 18.2 Å². The highest BCUT2D eigenvalue weighted by molar-refractivity contribution is 8.00. The van der Waals surface area contributed by atoms with Gasteiger partial charge in [-0.1, -0.05) is 39.3 Å². The second kappa shape index (κ2) is 8.56. The topological polar surface area (TPSA) is 63.6 Å². The fourth-order valence-corrected chi connectivity index (χ4v) is 4.19. The molecule has 1 N–H and O–H groups in total. The van der Waals surface area contributed by atoms with E-state index in [0.717, 1.165) is 12.8 Å². The zero-order valence-electron chi connectivity index (χ0n) is 14.5. The summed E-state index contributed by atoms with van der Waals surface area (Å²) in [5.74, 6) is 0.396. The molecule has 0 radical (unpaired) electrons. The van der Waals surface area contributed by atoms with Crippen LogP contribution in [-0.2, 0) is 9.53 Å². The number of esters is 1. The van der Waals surface area contributed by atoms with Crippen molar-refractivity contribution in [1.29, 1.82) is 0 Å². The summed E-state index contributed by atoms with van der Waals surface area (Å²) in [5.41, 5.74) is 0.224. The highest BCUT2D eigenvalue weighted by Gasteiger charge is 2.33. The molecule has 0 amide bonds. The first kappa shape index (κ1) is 18.8. The summed E-state index contributed by atoms with van der Waals surface area (Å²) >= 11 is 1.23. The van der Waals surface area contributed by atoms with Crippen LogP contribution in [0.1, 0.15) is 50.4 Å². The molecule has 0 aliphatic heterocycles. The Hall–Kier alpha value is -1.49. The number of thioether (sulfide) groups is 1. The van der Waals surface area contributed by atoms with Gasteiger partial charge in [-0.3, -0.25) is 4.79 Å². The Balaban J connectivity index is 1.94. The van der Waals surface area contributed by atoms with Crippen LogP contribution in [0.5, 0.6) is 0 Å². The molecule has 1 saturated carbocycles. The SMILES string of the molecule is CC(C)[C@@H]1CC[C@H](C)C[C@H]1OC(=O)CSc1ccccc1C(=O)O. The molecule has 1 aliphatic carbocycles. The van der Waals surface area contributed by atoms with Gasteiger partial charge in [-0.25, -0.2) is 4.79 Å². The summed E-state index contributed by atoms with van der Waals surface area (Å²) in [6, 6.07) is 6.73. The average Bonchev–Trinajstić information content (AvgIpc) is 2.53. The smallest absolute Gasteiger partial charge is 0.336 e. The van der Waals surface area contributed by atoms with E-state index in [9.17, 15) is 14.7 Å². The maximum atomic E-state index is 12.3. The fraction of sp³-hybridized carbons (Fsp3) is 0.579. The van der Waals surface area contributed by atoms with Crippen molar-refractivity contribution in [2.75, 3.05) is 5.75 Å². The van der Waals surface area contributed by atoms with Crippen LogP contribution in [0.2, 0.25) is 0 Å². The van der Waals surface area contributed by atoms with Gasteiger partial charge in [0.1, 0.15) is 6.10 Å². The van der Waals surface area contributed by atoms with E-state index in [2.05, 4.69) is 20.8 Å². The number of hydrogen-bond donors (Lipinski definition) is 1. The summed E-state index contributed by atoms with van der Waals surface area (Å²) in [6.45, 7) is 6.56. The Morgan fingerprint density at radius 2 is 2.00 bits per heavy atom. The predicted molar refractivity (Wildman–Crippen MR) is 95.3 cm³/mol. The summed E-state index contributed by atoms with van der Waals surface area (Å²) in [7, 11) is 0. The van der Waals surface area contributed by atoms with Crippen LogP contribution in [0.4, 0.5) is 0 Å². The number of aromatic carboxylic acids is 1. The average molecular weight is 350 g/mol. The Kier molecular flexibility index (Phi) is 6.72. The highest BCUT2D eigenvalue weighted by Crippen LogP contribution is 2.35. The van der Waals surface area contributed by atoms with E-state index in [1.54, 1.807) is 24.3 Å². The van der Waals surface area contributed by atoms with Crippen LogP contribution < -0.4 is 0 Å². The van der Waals surface area contributed by atoms with E-state index >= 15 is 0 Å². The van der Waals surface area contributed by atoms with E-state index in [0.29, 0.717) is 22.6 Å². The molecule has 0 unspecified atom stereocenters. The molecule has 1 fully saturated rings. The van der Waals surface area contributed by atoms with E-state index < -0.39 is 5.97 Å². The third-order valence-corrected chi connectivity index (χ3v) is 5.75. The number of ether oxygens (including phenoxy) is 1. The van der Waals surface area contributed by atoms with Gasteiger partial charge in [0.2, 0.25) is 0 Å². The standard InChI is InChI=1S/C19H26O4S/c1-12(2)14-9-8-13(3)10-16(14)23-18(20)11-24-17-7-5-4-6-15(17)19(21)22/h4-7,12-14,16H,8-11H2,1-3H3,(H,21,22)/t13-,14-,16+/m0/s1. The molecule has 0 spiro atoms. The van der Waals surface area contributed by atoms with Crippen molar-refractivity contribution in [2.45, 2.75) is 51.0 Å². The molecule has 1 aromatic rings. The Labute approximate surface area is 148 Å². The van der Waals surface area contributed by atoms with Crippen molar-refractivity contribution >= 4 is 23.7 Å². The second-order valence-corrected chi connectivity index (χ2v) is 7.96. The minimum Gasteiger partial charge on any atom is -0.478 e. The minimum absolute atomic E-state index is 0.0171. The lowest BCUT2D eigenvalue weighted by Crippen LogP contribution is -2.36. The van der Waals surface area contributed by atoms with Crippen LogP contribution in [0.25, 0.3) is 0 Å². The molecule has 4 nitrogen and oxygen atoms in total. The first-order valence-electron chi connectivity index (χ1n) is 8.53. The number of carboxylic acids is 1. The number of hydrogen-bond acceptors (Lipinski definition) is 4. The number of rotatable bonds is 6. The van der Waals surface area contributed by atoms with Gasteiger partial charge < -0.3 is 9.84 Å². The van der Waals surface area contributed by atoms with Crippen LogP contribution in [0.15, 0.2) is 29.2 Å². The predicted octanol–water partition coefficient (Wildman–Crippen LogP) is 4.48. The minimum atomic E-state index is -0.979. The van der Waals surface area contributed by atoms with Crippen LogP contribution in [0.3, 0.4) is 0 Å². The first-order chi connectivity index (χ1) is 11.4. The molecular weight excluding hydrogens is 324 g/mol. The molecule has 0 bridgehead atoms. The van der Waals surface area contributed by atoms with Crippen molar-refractivity contribution < 1.29 is 19.4 Å². The highest BCUT2D eigenvalue weighted by atomic mass is 32.2. The normalized spacial score (nSPS) is 23.9. The van der Waals surface area contributed by atoms with Crippen molar-refractivity contribution in [2.24, 2.45) is 17.8 Å². The number of benzene rings is 1. The van der Waals surface area contributed by atoms with Gasteiger partial charge >= 0.3 is 11.9 Å². The zero-order chi connectivity index (χ0) is 17.7. The number of carbonyl (C=O) groups is 2. The quantitative estimate of drug-likeness (QED) is 0.605. The van der Waals surface area contributed by atoms with E-state index in [4.69, 9.17) is 4.74 Å². The Morgan fingerprint density at radius 3 is 2.67 bits per heavy atom. The molecule has 3 atom stereocenters. The van der Waals surface area contributed by atoms with Crippen molar-refractivity contribution in [3.8, 4) is 0 Å². The summed E-state index contributed by atoms with van der Waals surface area (Å²) in [6.07, 6.45) is 3.20. The second-order valence-electron chi connectivity index (χ2n) is 6.94. The number of carboxylic acid groups (broad SMARTS) is 1. The van der Waals surface area contributed by atoms with Gasteiger partial charge in [-0.05, 0) is 42.7 Å². The first-order valence-corrected chi connectivity index (χ1v) is 9.51. The molecule has 0 saturated heterocycles. The molecule has 5 heteroatoms. The molecule has 1 aliphatic rings. The molecule has 24 heavy (non-hydrogen) atoms. The maximum Gasteiger partial charge on any atom is 0.336 e. The van der Waals surface area contributed by atoms with E-state index in [1.807, 2.05) is 0 Å². The van der Waals surface area contributed by atoms with Gasteiger partial charge in [0, 0.05) is 4.90 Å². The fourth-order valence-electron chi connectivity index (χ4n) is 3.36. The van der Waals surface area contributed by atoms with Crippen molar-refractivity contribution in [3.05, 3.63) is 29.8 Å². The van der Waals surface area contributed by atoms with Crippen molar-refractivity contribution in [1.82, 2.24) is 0 Å². The third kappa shape index (κ3) is 5.00. The molecule has 1 aromatic carbocycles. The Bertz CT molecular complexity index is 584. The van der Waals surface area contributed by atoms with Crippen LogP contribution in [0, 0.1) is 17.8 Å². The lowest BCUT2D eigenvalue weighted by Gasteiger charge is -2.36. The zero-order valence-corrected chi connectivity index (χ0v) is 15.3. The molecule has 0 aromatic heterocycles. The van der Waals surface area contributed by atoms with Gasteiger partial charge in [0.25, 0.3) is 0 Å². The van der Waals surface area contributed by atoms with Crippen LogP contribution >= 0.6 is 11.8 Å². The maximum absolute atomic E-state index is 12.3. The Morgan fingerprint density at radius 1 is 1.29 bits per heavy atom. The lowest BCUT2D eigenvalue weighted by molar-refractivity contribution is -0.152.